The fourth-order valence-corrected chi connectivity index (χ4v) is 2.36. The molecule has 3 heteroatoms. The number of nitrogens with one attached hydrogen (secondary N) is 1. The quantitative estimate of drug-likeness (QED) is 0.884. The molecule has 1 heterocycles. The van der Waals surface area contributed by atoms with E-state index in [1.807, 2.05) is 0 Å². The molecule has 0 saturated carbocycles. The Labute approximate surface area is 116 Å². The van der Waals surface area contributed by atoms with Crippen LogP contribution < -0.4 is 5.32 Å². The van der Waals surface area contributed by atoms with Crippen molar-refractivity contribution in [1.29, 1.82) is 0 Å². The zero-order chi connectivity index (χ0) is 14.0. The molecule has 1 atom stereocenters. The summed E-state index contributed by atoms with van der Waals surface area (Å²) in [5.74, 6) is 0.665. The van der Waals surface area contributed by atoms with Crippen molar-refractivity contribution < 1.29 is 0 Å². The predicted molar refractivity (Wildman–Crippen MR) is 81.1 cm³/mol. The van der Waals surface area contributed by atoms with Crippen LogP contribution >= 0.6 is 11.3 Å². The molecule has 1 unspecified atom stereocenters. The van der Waals surface area contributed by atoms with E-state index >= 15 is 0 Å². The fraction of sp³-hybridized carbons (Fsp3) is 0.800. The molecule has 1 aromatic rings. The monoisotopic (exact) mass is 268 g/mol. The van der Waals surface area contributed by atoms with Gasteiger partial charge in [0, 0.05) is 17.3 Å². The van der Waals surface area contributed by atoms with Crippen molar-refractivity contribution in [3.05, 3.63) is 16.1 Å². The summed E-state index contributed by atoms with van der Waals surface area (Å²) < 4.78 is 0. The van der Waals surface area contributed by atoms with Crippen LogP contribution in [0.25, 0.3) is 0 Å². The lowest BCUT2D eigenvalue weighted by Gasteiger charge is -2.27. The maximum atomic E-state index is 4.70. The molecule has 1 aromatic heterocycles. The van der Waals surface area contributed by atoms with E-state index in [-0.39, 0.29) is 5.41 Å². The number of nitrogens with zero attached hydrogens (tertiary/aromatic N) is 1. The fourth-order valence-electron chi connectivity index (χ4n) is 1.46. The van der Waals surface area contributed by atoms with Gasteiger partial charge in [-0.1, -0.05) is 48.5 Å². The van der Waals surface area contributed by atoms with Gasteiger partial charge in [0.05, 0.1) is 10.7 Å². The van der Waals surface area contributed by atoms with Gasteiger partial charge in [0.2, 0.25) is 0 Å². The van der Waals surface area contributed by atoms with Crippen molar-refractivity contribution in [3.63, 3.8) is 0 Å². The van der Waals surface area contributed by atoms with E-state index in [1.165, 1.54) is 10.7 Å². The first kappa shape index (κ1) is 15.6. The molecule has 0 fully saturated rings. The van der Waals surface area contributed by atoms with Crippen molar-refractivity contribution in [3.8, 4) is 0 Å². The Balaban J connectivity index is 2.43. The lowest BCUT2D eigenvalue weighted by Crippen LogP contribution is -2.29. The molecule has 0 aliphatic rings. The van der Waals surface area contributed by atoms with Crippen LogP contribution in [-0.4, -0.2) is 11.5 Å². The van der Waals surface area contributed by atoms with Gasteiger partial charge in [-0.3, -0.25) is 0 Å². The van der Waals surface area contributed by atoms with Gasteiger partial charge < -0.3 is 5.32 Å². The van der Waals surface area contributed by atoms with E-state index in [0.29, 0.717) is 11.3 Å². The van der Waals surface area contributed by atoms with Crippen molar-refractivity contribution in [2.45, 2.75) is 60.4 Å². The van der Waals surface area contributed by atoms with Gasteiger partial charge in [0.1, 0.15) is 0 Å². The molecule has 18 heavy (non-hydrogen) atoms. The number of hydrogen-bond donors (Lipinski definition) is 1. The van der Waals surface area contributed by atoms with Gasteiger partial charge in [-0.05, 0) is 17.9 Å². The van der Waals surface area contributed by atoms with E-state index in [9.17, 15) is 0 Å². The van der Waals surface area contributed by atoms with Crippen LogP contribution in [-0.2, 0) is 12.0 Å². The topological polar surface area (TPSA) is 24.9 Å². The summed E-state index contributed by atoms with van der Waals surface area (Å²) in [7, 11) is 0. The molecule has 1 rings (SSSR count). The molecular weight excluding hydrogens is 240 g/mol. The number of rotatable bonds is 4. The van der Waals surface area contributed by atoms with Crippen LogP contribution in [0.15, 0.2) is 5.38 Å². The number of aromatic nitrogens is 1. The summed E-state index contributed by atoms with van der Waals surface area (Å²) >= 11 is 1.77. The molecule has 0 aromatic carbocycles. The van der Waals surface area contributed by atoms with E-state index < -0.39 is 0 Å². The molecule has 2 nitrogen and oxygen atoms in total. The number of hydrogen-bond acceptors (Lipinski definition) is 3. The second kappa shape index (κ2) is 5.70. The highest BCUT2D eigenvalue weighted by Crippen LogP contribution is 2.26. The second-order valence-electron chi connectivity index (χ2n) is 7.29. The first-order valence-corrected chi connectivity index (χ1v) is 7.64. The van der Waals surface area contributed by atoms with Gasteiger partial charge in [-0.25, -0.2) is 4.98 Å². The van der Waals surface area contributed by atoms with Crippen molar-refractivity contribution in [2.75, 3.05) is 6.54 Å². The molecule has 0 bridgehead atoms. The van der Waals surface area contributed by atoms with Crippen molar-refractivity contribution in [1.82, 2.24) is 10.3 Å². The molecule has 0 radical (unpaired) electrons. The summed E-state index contributed by atoms with van der Waals surface area (Å²) in [6.07, 6.45) is 0. The summed E-state index contributed by atoms with van der Waals surface area (Å²) in [6.45, 7) is 17.7. The van der Waals surface area contributed by atoms with Crippen LogP contribution in [0.2, 0.25) is 0 Å². The van der Waals surface area contributed by atoms with Gasteiger partial charge in [0.25, 0.3) is 0 Å². The lowest BCUT2D eigenvalue weighted by molar-refractivity contribution is 0.252. The Bertz CT molecular complexity index is 369. The van der Waals surface area contributed by atoms with E-state index in [2.05, 4.69) is 59.2 Å². The van der Waals surface area contributed by atoms with Crippen LogP contribution in [0.1, 0.15) is 59.2 Å². The molecule has 0 saturated heterocycles. The highest BCUT2D eigenvalue weighted by molar-refractivity contribution is 7.09. The normalized spacial score (nSPS) is 14.8. The highest BCUT2D eigenvalue weighted by atomic mass is 32.1. The van der Waals surface area contributed by atoms with Gasteiger partial charge >= 0.3 is 0 Å². The zero-order valence-corrected chi connectivity index (χ0v) is 13.7. The van der Waals surface area contributed by atoms with Gasteiger partial charge in [-0.2, -0.15) is 0 Å². The Morgan fingerprint density at radius 1 is 1.22 bits per heavy atom. The maximum Gasteiger partial charge on any atom is 0.0982 e. The smallest absolute Gasteiger partial charge is 0.0982 e. The number of thiazole rings is 1. The van der Waals surface area contributed by atoms with Crippen LogP contribution in [0.3, 0.4) is 0 Å². The molecule has 0 amide bonds. The first-order chi connectivity index (χ1) is 8.10. The third-order valence-corrected chi connectivity index (χ3v) is 4.75. The van der Waals surface area contributed by atoms with Crippen LogP contribution in [0, 0.1) is 11.3 Å². The standard InChI is InChI=1S/C15H28N2S/c1-11(14(2,3)4)8-16-9-12-10-18-13(17-12)15(5,6)7/h10-11,16H,8-9H2,1-7H3. The molecule has 0 aliphatic carbocycles. The Kier molecular flexibility index (Phi) is 4.96. The zero-order valence-electron chi connectivity index (χ0n) is 12.9. The SMILES string of the molecule is CC(CNCc1csc(C(C)(C)C)n1)C(C)(C)C. The first-order valence-electron chi connectivity index (χ1n) is 6.76. The van der Waals surface area contributed by atoms with Gasteiger partial charge in [-0.15, -0.1) is 11.3 Å². The Morgan fingerprint density at radius 3 is 2.28 bits per heavy atom. The maximum absolute atomic E-state index is 4.70. The second-order valence-corrected chi connectivity index (χ2v) is 8.15. The largest absolute Gasteiger partial charge is 0.311 e. The van der Waals surface area contributed by atoms with E-state index in [0.717, 1.165) is 13.1 Å². The van der Waals surface area contributed by atoms with E-state index in [4.69, 9.17) is 4.98 Å². The highest BCUT2D eigenvalue weighted by Gasteiger charge is 2.20. The van der Waals surface area contributed by atoms with E-state index in [1.54, 1.807) is 11.3 Å². The van der Waals surface area contributed by atoms with Gasteiger partial charge in [0.15, 0.2) is 0 Å². The summed E-state index contributed by atoms with van der Waals surface area (Å²) in [5, 5.41) is 6.92. The molecule has 1 N–H and O–H groups in total. The molecule has 0 aliphatic heterocycles. The Morgan fingerprint density at radius 2 is 1.83 bits per heavy atom. The molecule has 104 valence electrons. The average molecular weight is 268 g/mol. The predicted octanol–water partition coefficient (Wildman–Crippen LogP) is 4.21. The summed E-state index contributed by atoms with van der Waals surface area (Å²) in [4.78, 5) is 4.70. The minimum atomic E-state index is 0.168. The molecule has 0 spiro atoms. The van der Waals surface area contributed by atoms with Crippen LogP contribution in [0.4, 0.5) is 0 Å². The molecular formula is C15H28N2S. The van der Waals surface area contributed by atoms with Crippen LogP contribution in [0.5, 0.6) is 0 Å². The average Bonchev–Trinajstić information content (AvgIpc) is 2.64. The Hall–Kier alpha value is -0.410. The third-order valence-electron chi connectivity index (χ3n) is 3.43. The van der Waals surface area contributed by atoms with Crippen molar-refractivity contribution >= 4 is 11.3 Å². The lowest BCUT2D eigenvalue weighted by atomic mass is 9.82. The summed E-state index contributed by atoms with van der Waals surface area (Å²) in [5.41, 5.74) is 1.71. The summed E-state index contributed by atoms with van der Waals surface area (Å²) in [6, 6.07) is 0. The minimum absolute atomic E-state index is 0.168. The third kappa shape index (κ3) is 4.69. The minimum Gasteiger partial charge on any atom is -0.311 e. The van der Waals surface area contributed by atoms with Crippen molar-refractivity contribution in [2.24, 2.45) is 11.3 Å².